The van der Waals surface area contributed by atoms with Gasteiger partial charge in [0.2, 0.25) is 5.88 Å². The number of carbonyl (C=O) groups excluding carboxylic acids is 1. The Hall–Kier alpha value is -3.55. The zero-order valence-corrected chi connectivity index (χ0v) is 16.2. The molecule has 1 amide bonds. The first kappa shape index (κ1) is 18.8. The Bertz CT molecular complexity index is 974. The second-order valence-electron chi connectivity index (χ2n) is 6.58. The van der Waals surface area contributed by atoms with Gasteiger partial charge in [0.25, 0.3) is 5.91 Å². The molecular weight excluding hydrogens is 368 g/mol. The van der Waals surface area contributed by atoms with Crippen molar-refractivity contribution in [1.82, 2.24) is 24.8 Å². The first-order valence-electron chi connectivity index (χ1n) is 9.61. The summed E-state index contributed by atoms with van der Waals surface area (Å²) in [6.07, 6.45) is 6.75. The van der Waals surface area contributed by atoms with Crippen molar-refractivity contribution >= 4 is 11.7 Å². The topological polar surface area (TPSA) is 84.3 Å². The van der Waals surface area contributed by atoms with Crippen LogP contribution in [-0.2, 0) is 0 Å². The van der Waals surface area contributed by atoms with Crippen LogP contribution in [0.5, 0.6) is 5.88 Å². The fourth-order valence-corrected chi connectivity index (χ4v) is 3.28. The average molecular weight is 390 g/mol. The predicted octanol–water partition coefficient (Wildman–Crippen LogP) is 2.29. The molecule has 0 atom stereocenters. The minimum absolute atomic E-state index is 0.00612. The van der Waals surface area contributed by atoms with E-state index < -0.39 is 0 Å². The Balaban J connectivity index is 1.46. The summed E-state index contributed by atoms with van der Waals surface area (Å²) in [5, 5.41) is 0. The van der Waals surface area contributed by atoms with Crippen LogP contribution < -0.4 is 9.64 Å². The van der Waals surface area contributed by atoms with Crippen molar-refractivity contribution in [2.75, 3.05) is 37.7 Å². The number of rotatable bonds is 5. The van der Waals surface area contributed by atoms with Crippen molar-refractivity contribution < 1.29 is 9.53 Å². The third kappa shape index (κ3) is 4.31. The number of anilines is 1. The molecule has 1 aliphatic heterocycles. The van der Waals surface area contributed by atoms with E-state index in [-0.39, 0.29) is 5.91 Å². The number of nitrogens with zero attached hydrogens (tertiary/aromatic N) is 6. The summed E-state index contributed by atoms with van der Waals surface area (Å²) in [4.78, 5) is 34.2. The lowest BCUT2D eigenvalue weighted by Gasteiger charge is -2.35. The van der Waals surface area contributed by atoms with Crippen LogP contribution in [0.3, 0.4) is 0 Å². The van der Waals surface area contributed by atoms with Crippen molar-refractivity contribution in [3.63, 3.8) is 0 Å². The summed E-state index contributed by atoms with van der Waals surface area (Å²) in [5.74, 6) is 1.91. The summed E-state index contributed by atoms with van der Waals surface area (Å²) in [6.45, 7) is 5.17. The molecule has 1 fully saturated rings. The summed E-state index contributed by atoms with van der Waals surface area (Å²) >= 11 is 0. The molecule has 29 heavy (non-hydrogen) atoms. The molecule has 8 nitrogen and oxygen atoms in total. The molecule has 0 spiro atoms. The van der Waals surface area contributed by atoms with Gasteiger partial charge in [0.05, 0.1) is 12.8 Å². The minimum atomic E-state index is 0.00612. The zero-order chi connectivity index (χ0) is 20.1. The smallest absolute Gasteiger partial charge is 0.253 e. The molecule has 3 heterocycles. The first-order valence-corrected chi connectivity index (χ1v) is 9.61. The highest BCUT2D eigenvalue weighted by Crippen LogP contribution is 2.20. The van der Waals surface area contributed by atoms with E-state index in [4.69, 9.17) is 4.74 Å². The summed E-state index contributed by atoms with van der Waals surface area (Å²) in [6, 6.07) is 9.14. The number of aromatic nitrogens is 4. The van der Waals surface area contributed by atoms with Crippen LogP contribution in [0.15, 0.2) is 55.1 Å². The van der Waals surface area contributed by atoms with Crippen LogP contribution in [0.2, 0.25) is 0 Å². The van der Waals surface area contributed by atoms with Gasteiger partial charge in [0.15, 0.2) is 5.82 Å². The number of hydrogen-bond acceptors (Lipinski definition) is 7. The Morgan fingerprint density at radius 2 is 1.93 bits per heavy atom. The Kier molecular flexibility index (Phi) is 5.60. The Morgan fingerprint density at radius 1 is 1.07 bits per heavy atom. The molecule has 0 aliphatic carbocycles. The van der Waals surface area contributed by atoms with E-state index in [1.54, 1.807) is 30.9 Å². The quantitative estimate of drug-likeness (QED) is 0.661. The van der Waals surface area contributed by atoms with E-state index in [0.29, 0.717) is 37.0 Å². The summed E-state index contributed by atoms with van der Waals surface area (Å²) in [7, 11) is 0. The highest BCUT2D eigenvalue weighted by Gasteiger charge is 2.23. The number of benzene rings is 1. The molecule has 0 N–H and O–H groups in total. The van der Waals surface area contributed by atoms with Gasteiger partial charge in [-0.2, -0.15) is 4.98 Å². The molecule has 1 aliphatic rings. The molecular formula is C21H22N6O2. The normalized spacial score (nSPS) is 14.0. The second kappa shape index (κ2) is 8.64. The third-order valence-electron chi connectivity index (χ3n) is 4.73. The van der Waals surface area contributed by atoms with Gasteiger partial charge in [-0.1, -0.05) is 12.1 Å². The van der Waals surface area contributed by atoms with Crippen LogP contribution in [0, 0.1) is 0 Å². The average Bonchev–Trinajstić information content (AvgIpc) is 2.80. The molecule has 4 rings (SSSR count). The second-order valence-corrected chi connectivity index (χ2v) is 6.58. The number of amides is 1. The maximum absolute atomic E-state index is 13.0. The SMILES string of the molecule is CCOc1ccnc(-c2cccc(C(=O)N3CCN(c4cnccn4)CC3)c2)n1. The molecule has 0 radical (unpaired) electrons. The standard InChI is InChI=1S/C21H22N6O2/c1-2-29-19-6-7-24-20(25-19)16-4-3-5-17(14-16)21(28)27-12-10-26(11-13-27)18-15-22-8-9-23-18/h3-9,14-15H,2,10-13H2,1H3. The monoisotopic (exact) mass is 390 g/mol. The van der Waals surface area contributed by atoms with E-state index >= 15 is 0 Å². The minimum Gasteiger partial charge on any atom is -0.478 e. The van der Waals surface area contributed by atoms with Crippen molar-refractivity contribution in [1.29, 1.82) is 0 Å². The van der Waals surface area contributed by atoms with Gasteiger partial charge < -0.3 is 14.5 Å². The lowest BCUT2D eigenvalue weighted by molar-refractivity contribution is 0.0746. The van der Waals surface area contributed by atoms with E-state index in [2.05, 4.69) is 24.8 Å². The molecule has 1 aromatic carbocycles. The number of carbonyl (C=O) groups is 1. The van der Waals surface area contributed by atoms with Gasteiger partial charge in [-0.25, -0.2) is 9.97 Å². The molecule has 3 aromatic rings. The number of hydrogen-bond donors (Lipinski definition) is 0. The lowest BCUT2D eigenvalue weighted by Crippen LogP contribution is -2.49. The van der Waals surface area contributed by atoms with Crippen LogP contribution >= 0.6 is 0 Å². The lowest BCUT2D eigenvalue weighted by atomic mass is 10.1. The van der Waals surface area contributed by atoms with Crippen molar-refractivity contribution in [2.45, 2.75) is 6.92 Å². The van der Waals surface area contributed by atoms with Crippen LogP contribution in [0.4, 0.5) is 5.82 Å². The highest BCUT2D eigenvalue weighted by molar-refractivity contribution is 5.95. The zero-order valence-electron chi connectivity index (χ0n) is 16.2. The number of piperazine rings is 1. The van der Waals surface area contributed by atoms with Crippen LogP contribution in [0.1, 0.15) is 17.3 Å². The molecule has 8 heteroatoms. The molecule has 0 unspecified atom stereocenters. The van der Waals surface area contributed by atoms with Crippen molar-refractivity contribution in [2.24, 2.45) is 0 Å². The van der Waals surface area contributed by atoms with Gasteiger partial charge in [-0.15, -0.1) is 0 Å². The Morgan fingerprint density at radius 3 is 2.69 bits per heavy atom. The predicted molar refractivity (Wildman–Crippen MR) is 109 cm³/mol. The molecule has 2 aromatic heterocycles. The maximum atomic E-state index is 13.0. The fraction of sp³-hybridized carbons (Fsp3) is 0.286. The molecule has 0 saturated carbocycles. The highest BCUT2D eigenvalue weighted by atomic mass is 16.5. The van der Waals surface area contributed by atoms with Gasteiger partial charge in [-0.05, 0) is 19.1 Å². The van der Waals surface area contributed by atoms with Crippen molar-refractivity contribution in [3.8, 4) is 17.3 Å². The molecule has 148 valence electrons. The summed E-state index contributed by atoms with van der Waals surface area (Å²) in [5.41, 5.74) is 1.41. The van der Waals surface area contributed by atoms with E-state index in [9.17, 15) is 4.79 Å². The van der Waals surface area contributed by atoms with E-state index in [1.165, 1.54) is 0 Å². The Labute approximate surface area is 169 Å². The number of ether oxygens (including phenoxy) is 1. The van der Waals surface area contributed by atoms with Crippen molar-refractivity contribution in [3.05, 3.63) is 60.7 Å². The fourth-order valence-electron chi connectivity index (χ4n) is 3.28. The van der Waals surface area contributed by atoms with Gasteiger partial charge in [0.1, 0.15) is 5.82 Å². The first-order chi connectivity index (χ1) is 14.2. The third-order valence-corrected chi connectivity index (χ3v) is 4.73. The van der Waals surface area contributed by atoms with Gasteiger partial charge in [-0.3, -0.25) is 9.78 Å². The van der Waals surface area contributed by atoms with Crippen LogP contribution in [-0.4, -0.2) is 63.5 Å². The van der Waals surface area contributed by atoms with E-state index in [0.717, 1.165) is 24.5 Å². The summed E-state index contributed by atoms with van der Waals surface area (Å²) < 4.78 is 5.45. The van der Waals surface area contributed by atoms with Gasteiger partial charge in [0, 0.05) is 62.0 Å². The molecule has 0 bridgehead atoms. The maximum Gasteiger partial charge on any atom is 0.253 e. The van der Waals surface area contributed by atoms with Gasteiger partial charge >= 0.3 is 0 Å². The largest absolute Gasteiger partial charge is 0.478 e. The van der Waals surface area contributed by atoms with E-state index in [1.807, 2.05) is 36.1 Å². The molecule has 1 saturated heterocycles. The van der Waals surface area contributed by atoms with Crippen LogP contribution in [0.25, 0.3) is 11.4 Å².